The number of carbonyl (C=O) groups excluding carboxylic acids is 1. The van der Waals surface area contributed by atoms with Gasteiger partial charge in [-0.2, -0.15) is 0 Å². The monoisotopic (exact) mass is 334 g/mol. The molecule has 1 N–H and O–H groups in total. The smallest absolute Gasteiger partial charge is 0.255 e. The minimum atomic E-state index is 0.0133. The highest BCUT2D eigenvalue weighted by Gasteiger charge is 2.35. The predicted molar refractivity (Wildman–Crippen MR) is 95.0 cm³/mol. The van der Waals surface area contributed by atoms with Crippen molar-refractivity contribution in [3.8, 4) is 0 Å². The highest BCUT2D eigenvalue weighted by atomic mass is 16.3. The molecule has 1 saturated heterocycles. The van der Waals surface area contributed by atoms with Gasteiger partial charge in [0.1, 0.15) is 0 Å². The second kappa shape index (κ2) is 8.55. The van der Waals surface area contributed by atoms with Crippen LogP contribution in [0.4, 0.5) is 0 Å². The van der Waals surface area contributed by atoms with Crippen molar-refractivity contribution in [1.29, 1.82) is 0 Å². The van der Waals surface area contributed by atoms with Gasteiger partial charge in [0.25, 0.3) is 5.91 Å². The maximum absolute atomic E-state index is 12.7. The molecular weight excluding hydrogens is 304 g/mol. The zero-order chi connectivity index (χ0) is 17.7. The number of likely N-dealkylation sites (N-methyl/N-ethyl adjacent to an activating group) is 2. The molecule has 0 aliphatic carbocycles. The molecule has 1 fully saturated rings. The van der Waals surface area contributed by atoms with E-state index >= 15 is 0 Å². The molecule has 0 saturated carbocycles. The number of nitrogens with zero attached hydrogens (tertiary/aromatic N) is 4. The Morgan fingerprint density at radius 2 is 1.96 bits per heavy atom. The molecule has 6 heteroatoms. The van der Waals surface area contributed by atoms with Gasteiger partial charge in [-0.3, -0.25) is 9.78 Å². The van der Waals surface area contributed by atoms with E-state index in [2.05, 4.69) is 35.9 Å². The van der Waals surface area contributed by atoms with E-state index in [9.17, 15) is 9.90 Å². The average Bonchev–Trinajstić information content (AvgIpc) is 2.96. The summed E-state index contributed by atoms with van der Waals surface area (Å²) in [7, 11) is 6.23. The summed E-state index contributed by atoms with van der Waals surface area (Å²) in [6.45, 7) is 6.24. The minimum Gasteiger partial charge on any atom is -0.396 e. The highest BCUT2D eigenvalue weighted by molar-refractivity contribution is 5.94. The lowest BCUT2D eigenvalue weighted by molar-refractivity contribution is 0.0779. The number of hydrogen-bond donors (Lipinski definition) is 1. The number of carbonyl (C=O) groups is 1. The van der Waals surface area contributed by atoms with E-state index in [0.717, 1.165) is 25.3 Å². The Morgan fingerprint density at radius 3 is 2.54 bits per heavy atom. The normalized spacial score (nSPS) is 21.0. The first-order chi connectivity index (χ1) is 11.4. The molecule has 1 aliphatic rings. The largest absolute Gasteiger partial charge is 0.396 e. The summed E-state index contributed by atoms with van der Waals surface area (Å²) in [6, 6.07) is 3.69. The summed E-state index contributed by atoms with van der Waals surface area (Å²) in [4.78, 5) is 23.2. The van der Waals surface area contributed by atoms with E-state index in [1.807, 2.05) is 24.0 Å². The molecule has 6 nitrogen and oxygen atoms in total. The molecular formula is C18H30N4O2. The summed E-state index contributed by atoms with van der Waals surface area (Å²) in [5, 5.41) is 9.70. The van der Waals surface area contributed by atoms with Crippen LogP contribution in [0.5, 0.6) is 0 Å². The standard InChI is InChI=1S/C18H30N4O2/c1-14-5-6-15(9-19-14)18(24)22-11-16(17(12-22)13-23)10-21(4)8-7-20(2)3/h5-6,9,16-17,23H,7-8,10-13H2,1-4H3/t16-,17-/m1/s1. The van der Waals surface area contributed by atoms with Crippen LogP contribution in [-0.4, -0.2) is 91.2 Å². The number of likely N-dealkylation sites (tertiary alicyclic amines) is 1. The van der Waals surface area contributed by atoms with Crippen LogP contribution in [0.3, 0.4) is 0 Å². The lowest BCUT2D eigenvalue weighted by atomic mass is 9.96. The van der Waals surface area contributed by atoms with E-state index in [4.69, 9.17) is 0 Å². The van der Waals surface area contributed by atoms with Crippen LogP contribution in [0.1, 0.15) is 16.1 Å². The third kappa shape index (κ3) is 5.00. The molecule has 1 amide bonds. The summed E-state index contributed by atoms with van der Waals surface area (Å²) in [5.74, 6) is 0.470. The first-order valence-electron chi connectivity index (χ1n) is 8.56. The third-order valence-corrected chi connectivity index (χ3v) is 4.73. The Kier molecular flexibility index (Phi) is 6.71. The van der Waals surface area contributed by atoms with Gasteiger partial charge < -0.3 is 19.8 Å². The molecule has 2 rings (SSSR count). The van der Waals surface area contributed by atoms with Crippen molar-refractivity contribution in [2.45, 2.75) is 6.92 Å². The molecule has 1 aliphatic heterocycles. The fourth-order valence-corrected chi connectivity index (χ4v) is 3.16. The maximum Gasteiger partial charge on any atom is 0.255 e. The van der Waals surface area contributed by atoms with Crippen molar-refractivity contribution in [3.63, 3.8) is 0 Å². The number of aliphatic hydroxyl groups excluding tert-OH is 1. The zero-order valence-electron chi connectivity index (χ0n) is 15.3. The van der Waals surface area contributed by atoms with Crippen molar-refractivity contribution in [1.82, 2.24) is 19.7 Å². The van der Waals surface area contributed by atoms with Crippen molar-refractivity contribution in [3.05, 3.63) is 29.6 Å². The molecule has 2 heterocycles. The Morgan fingerprint density at radius 1 is 1.25 bits per heavy atom. The summed E-state index contributed by atoms with van der Waals surface area (Å²) in [5.41, 5.74) is 1.53. The molecule has 2 atom stereocenters. The summed E-state index contributed by atoms with van der Waals surface area (Å²) in [6.07, 6.45) is 1.64. The second-order valence-electron chi connectivity index (χ2n) is 7.17. The van der Waals surface area contributed by atoms with E-state index in [1.54, 1.807) is 6.20 Å². The average molecular weight is 334 g/mol. The van der Waals surface area contributed by atoms with Gasteiger partial charge in [0.05, 0.1) is 5.56 Å². The molecule has 0 unspecified atom stereocenters. The number of hydrogen-bond acceptors (Lipinski definition) is 5. The lowest BCUT2D eigenvalue weighted by Gasteiger charge is -2.25. The van der Waals surface area contributed by atoms with E-state index in [-0.39, 0.29) is 18.4 Å². The first kappa shape index (κ1) is 18.8. The minimum absolute atomic E-state index is 0.0133. The Labute approximate surface area is 145 Å². The van der Waals surface area contributed by atoms with E-state index < -0.39 is 0 Å². The molecule has 1 aromatic rings. The number of pyridine rings is 1. The van der Waals surface area contributed by atoms with Gasteiger partial charge in [-0.15, -0.1) is 0 Å². The Bertz CT molecular complexity index is 532. The molecule has 0 radical (unpaired) electrons. The Hall–Kier alpha value is -1.50. The highest BCUT2D eigenvalue weighted by Crippen LogP contribution is 2.25. The number of rotatable bonds is 7. The molecule has 24 heavy (non-hydrogen) atoms. The van der Waals surface area contributed by atoms with Gasteiger partial charge in [-0.05, 0) is 46.1 Å². The summed E-state index contributed by atoms with van der Waals surface area (Å²) >= 11 is 0. The fraction of sp³-hybridized carbons (Fsp3) is 0.667. The number of aryl methyl sites for hydroxylation is 1. The Balaban J connectivity index is 1.95. The van der Waals surface area contributed by atoms with Crippen molar-refractivity contribution >= 4 is 5.91 Å². The van der Waals surface area contributed by atoms with Gasteiger partial charge in [0.15, 0.2) is 0 Å². The molecule has 0 bridgehead atoms. The van der Waals surface area contributed by atoms with Crippen LogP contribution in [0.2, 0.25) is 0 Å². The van der Waals surface area contributed by atoms with Gasteiger partial charge in [0.2, 0.25) is 0 Å². The summed E-state index contributed by atoms with van der Waals surface area (Å²) < 4.78 is 0. The van der Waals surface area contributed by atoms with Crippen LogP contribution in [0.15, 0.2) is 18.3 Å². The van der Waals surface area contributed by atoms with Crippen LogP contribution in [0.25, 0.3) is 0 Å². The van der Waals surface area contributed by atoms with E-state index in [1.165, 1.54) is 0 Å². The molecule has 1 aromatic heterocycles. The van der Waals surface area contributed by atoms with Crippen LogP contribution >= 0.6 is 0 Å². The number of amides is 1. The van der Waals surface area contributed by atoms with Crippen molar-refractivity contribution < 1.29 is 9.90 Å². The lowest BCUT2D eigenvalue weighted by Crippen LogP contribution is -2.35. The quantitative estimate of drug-likeness (QED) is 0.790. The van der Waals surface area contributed by atoms with Crippen molar-refractivity contribution in [2.24, 2.45) is 11.8 Å². The van der Waals surface area contributed by atoms with Gasteiger partial charge in [-0.25, -0.2) is 0 Å². The molecule has 0 spiro atoms. The third-order valence-electron chi connectivity index (χ3n) is 4.73. The van der Waals surface area contributed by atoms with Crippen molar-refractivity contribution in [2.75, 3.05) is 60.5 Å². The van der Waals surface area contributed by atoms with Gasteiger partial charge >= 0.3 is 0 Å². The topological polar surface area (TPSA) is 59.9 Å². The number of aliphatic hydroxyl groups is 1. The van der Waals surface area contributed by atoms with Crippen LogP contribution in [-0.2, 0) is 0 Å². The predicted octanol–water partition coefficient (Wildman–Crippen LogP) is 0.564. The molecule has 0 aromatic carbocycles. The molecule has 134 valence electrons. The second-order valence-corrected chi connectivity index (χ2v) is 7.17. The number of aromatic nitrogens is 1. The maximum atomic E-state index is 12.7. The first-order valence-corrected chi connectivity index (χ1v) is 8.56. The van der Waals surface area contributed by atoms with Gasteiger partial charge in [0, 0.05) is 57.1 Å². The van der Waals surface area contributed by atoms with Gasteiger partial charge in [-0.1, -0.05) is 0 Å². The SMILES string of the molecule is Cc1ccc(C(=O)N2C[C@@H](CN(C)CCN(C)C)[C@@H](CO)C2)cn1. The van der Waals surface area contributed by atoms with Crippen LogP contribution < -0.4 is 0 Å². The fourth-order valence-electron chi connectivity index (χ4n) is 3.16. The van der Waals surface area contributed by atoms with Crippen LogP contribution in [0, 0.1) is 18.8 Å². The van der Waals surface area contributed by atoms with E-state index in [0.29, 0.717) is 24.6 Å². The zero-order valence-corrected chi connectivity index (χ0v) is 15.3.